The first-order valence-corrected chi connectivity index (χ1v) is 6.70. The van der Waals surface area contributed by atoms with Gasteiger partial charge in [-0.1, -0.05) is 12.1 Å². The van der Waals surface area contributed by atoms with E-state index in [-0.39, 0.29) is 18.1 Å². The van der Waals surface area contributed by atoms with Crippen LogP contribution in [0.1, 0.15) is 12.0 Å². The minimum absolute atomic E-state index is 0.0320. The molecule has 1 aliphatic rings. The summed E-state index contributed by atoms with van der Waals surface area (Å²) in [7, 11) is 0. The molecule has 0 saturated carbocycles. The summed E-state index contributed by atoms with van der Waals surface area (Å²) in [6.45, 7) is 1.91. The second-order valence-corrected chi connectivity index (χ2v) is 5.10. The van der Waals surface area contributed by atoms with Crippen molar-refractivity contribution in [3.63, 3.8) is 0 Å². The summed E-state index contributed by atoms with van der Waals surface area (Å²) in [6.07, 6.45) is -3.63. The maximum Gasteiger partial charge on any atom is 0.573 e. The fraction of sp³-hybridized carbons (Fsp3) is 0.500. The second-order valence-electron chi connectivity index (χ2n) is 5.10. The van der Waals surface area contributed by atoms with Gasteiger partial charge in [0.05, 0.1) is 6.42 Å². The highest BCUT2D eigenvalue weighted by Crippen LogP contribution is 2.23. The number of ether oxygens (including phenoxy) is 1. The van der Waals surface area contributed by atoms with Crippen molar-refractivity contribution in [3.8, 4) is 5.75 Å². The van der Waals surface area contributed by atoms with Crippen LogP contribution in [0.15, 0.2) is 24.3 Å². The smallest absolute Gasteiger partial charge is 0.406 e. The lowest BCUT2D eigenvalue weighted by atomic mass is 10.1. The van der Waals surface area contributed by atoms with Gasteiger partial charge in [-0.05, 0) is 36.6 Å². The zero-order valence-corrected chi connectivity index (χ0v) is 11.4. The van der Waals surface area contributed by atoms with Crippen LogP contribution >= 0.6 is 0 Å². The van der Waals surface area contributed by atoms with Crippen molar-refractivity contribution < 1.29 is 22.7 Å². The third-order valence-corrected chi connectivity index (χ3v) is 3.48. The highest BCUT2D eigenvalue weighted by Gasteiger charge is 2.31. The number of nitrogens with two attached hydrogens (primary N) is 1. The summed E-state index contributed by atoms with van der Waals surface area (Å²) in [4.78, 5) is 13.8. The first kappa shape index (κ1) is 15.6. The molecular weight excluding hydrogens is 285 g/mol. The molecule has 7 heteroatoms. The number of alkyl halides is 3. The lowest BCUT2D eigenvalue weighted by Crippen LogP contribution is -2.31. The molecule has 1 atom stereocenters. The summed E-state index contributed by atoms with van der Waals surface area (Å²) < 4.78 is 39.9. The third-order valence-electron chi connectivity index (χ3n) is 3.48. The maximum atomic E-state index is 12.1. The lowest BCUT2D eigenvalue weighted by Gasteiger charge is -2.16. The Morgan fingerprint density at radius 2 is 2.00 bits per heavy atom. The van der Waals surface area contributed by atoms with Gasteiger partial charge in [-0.3, -0.25) is 4.79 Å². The van der Waals surface area contributed by atoms with E-state index in [0.29, 0.717) is 31.1 Å². The summed E-state index contributed by atoms with van der Waals surface area (Å²) in [5, 5.41) is 0. The first-order valence-electron chi connectivity index (χ1n) is 6.70. The Kier molecular flexibility index (Phi) is 4.72. The van der Waals surface area contributed by atoms with E-state index >= 15 is 0 Å². The van der Waals surface area contributed by atoms with Gasteiger partial charge in [0.25, 0.3) is 0 Å². The van der Waals surface area contributed by atoms with Crippen LogP contribution in [-0.2, 0) is 11.2 Å². The molecule has 2 N–H and O–H groups in total. The number of hydrogen-bond donors (Lipinski definition) is 1. The molecule has 4 nitrogen and oxygen atoms in total. The quantitative estimate of drug-likeness (QED) is 0.924. The molecule has 1 aromatic rings. The van der Waals surface area contributed by atoms with Crippen molar-refractivity contribution in [3.05, 3.63) is 29.8 Å². The number of nitrogens with zero attached hydrogens (tertiary/aromatic N) is 1. The zero-order valence-electron chi connectivity index (χ0n) is 11.4. The van der Waals surface area contributed by atoms with Crippen LogP contribution in [0.4, 0.5) is 13.2 Å². The Morgan fingerprint density at radius 1 is 1.33 bits per heavy atom. The Balaban J connectivity index is 1.90. The van der Waals surface area contributed by atoms with E-state index in [9.17, 15) is 18.0 Å². The monoisotopic (exact) mass is 302 g/mol. The summed E-state index contributed by atoms with van der Waals surface area (Å²) in [6, 6.07) is 5.36. The van der Waals surface area contributed by atoms with E-state index < -0.39 is 6.36 Å². The van der Waals surface area contributed by atoms with Crippen molar-refractivity contribution in [1.82, 2.24) is 4.90 Å². The van der Waals surface area contributed by atoms with Crippen LogP contribution in [0, 0.1) is 5.92 Å². The van der Waals surface area contributed by atoms with Crippen molar-refractivity contribution >= 4 is 5.91 Å². The van der Waals surface area contributed by atoms with Crippen molar-refractivity contribution in [2.45, 2.75) is 19.2 Å². The molecule has 1 saturated heterocycles. The Bertz CT molecular complexity index is 488. The summed E-state index contributed by atoms with van der Waals surface area (Å²) in [5.41, 5.74) is 6.23. The molecule has 0 aliphatic carbocycles. The molecule has 0 bridgehead atoms. The Morgan fingerprint density at radius 3 is 2.52 bits per heavy atom. The average Bonchev–Trinajstić information content (AvgIpc) is 2.88. The topological polar surface area (TPSA) is 55.6 Å². The Labute approximate surface area is 120 Å². The number of halogens is 3. The number of carbonyl (C=O) groups is 1. The Hall–Kier alpha value is -1.76. The average molecular weight is 302 g/mol. The van der Waals surface area contributed by atoms with Crippen LogP contribution in [0.25, 0.3) is 0 Å². The van der Waals surface area contributed by atoms with E-state index in [0.717, 1.165) is 6.42 Å². The second kappa shape index (κ2) is 6.34. The van der Waals surface area contributed by atoms with Crippen LogP contribution < -0.4 is 10.5 Å². The fourth-order valence-corrected chi connectivity index (χ4v) is 2.35. The van der Waals surface area contributed by atoms with E-state index in [4.69, 9.17) is 5.73 Å². The van der Waals surface area contributed by atoms with E-state index in [1.165, 1.54) is 24.3 Å². The van der Waals surface area contributed by atoms with Crippen molar-refractivity contribution in [2.75, 3.05) is 19.6 Å². The highest BCUT2D eigenvalue weighted by atomic mass is 19.4. The van der Waals surface area contributed by atoms with Crippen molar-refractivity contribution in [2.24, 2.45) is 11.7 Å². The fourth-order valence-electron chi connectivity index (χ4n) is 2.35. The lowest BCUT2D eigenvalue weighted by molar-refractivity contribution is -0.274. The molecule has 21 heavy (non-hydrogen) atoms. The number of benzene rings is 1. The van der Waals surface area contributed by atoms with Crippen LogP contribution in [-0.4, -0.2) is 36.8 Å². The molecular formula is C14H17F3N2O2. The maximum absolute atomic E-state index is 12.1. The van der Waals surface area contributed by atoms with Gasteiger partial charge >= 0.3 is 6.36 Å². The number of hydrogen-bond acceptors (Lipinski definition) is 3. The molecule has 1 aromatic carbocycles. The standard InChI is InChI=1S/C14H17F3N2O2/c15-14(16,17)21-12-3-1-10(2-4-12)7-13(20)19-6-5-11(8-18)9-19/h1-4,11H,5-9,18H2/t11-/m1/s1. The van der Waals surface area contributed by atoms with E-state index in [1.54, 1.807) is 4.90 Å². The van der Waals surface area contributed by atoms with Gasteiger partial charge in [0.2, 0.25) is 5.91 Å². The predicted molar refractivity (Wildman–Crippen MR) is 70.6 cm³/mol. The van der Waals surface area contributed by atoms with Gasteiger partial charge in [0.1, 0.15) is 5.75 Å². The number of likely N-dealkylation sites (tertiary alicyclic amines) is 1. The van der Waals surface area contributed by atoms with Crippen LogP contribution in [0.2, 0.25) is 0 Å². The molecule has 1 fully saturated rings. The largest absolute Gasteiger partial charge is 0.573 e. The molecule has 116 valence electrons. The third kappa shape index (κ3) is 4.63. The first-order chi connectivity index (χ1) is 9.87. The molecule has 1 heterocycles. The predicted octanol–water partition coefficient (Wildman–Crippen LogP) is 1.93. The van der Waals surface area contributed by atoms with Gasteiger partial charge < -0.3 is 15.4 Å². The summed E-state index contributed by atoms with van der Waals surface area (Å²) >= 11 is 0. The van der Waals surface area contributed by atoms with Gasteiger partial charge in [-0.25, -0.2) is 0 Å². The minimum atomic E-state index is -4.70. The molecule has 0 spiro atoms. The van der Waals surface area contributed by atoms with Crippen LogP contribution in [0.3, 0.4) is 0 Å². The number of amides is 1. The normalized spacial score (nSPS) is 18.9. The van der Waals surface area contributed by atoms with Gasteiger partial charge in [-0.2, -0.15) is 0 Å². The van der Waals surface area contributed by atoms with E-state index in [1.807, 2.05) is 0 Å². The SMILES string of the molecule is NC[C@H]1CCN(C(=O)Cc2ccc(OC(F)(F)F)cc2)C1. The van der Waals surface area contributed by atoms with Gasteiger partial charge in [-0.15, -0.1) is 13.2 Å². The molecule has 1 amide bonds. The van der Waals surface area contributed by atoms with Crippen molar-refractivity contribution in [1.29, 1.82) is 0 Å². The summed E-state index contributed by atoms with van der Waals surface area (Å²) in [5.74, 6) is 0.0232. The minimum Gasteiger partial charge on any atom is -0.406 e. The molecule has 2 rings (SSSR count). The molecule has 1 aliphatic heterocycles. The number of rotatable bonds is 4. The number of carbonyl (C=O) groups excluding carboxylic acids is 1. The van der Waals surface area contributed by atoms with Gasteiger partial charge in [0.15, 0.2) is 0 Å². The van der Waals surface area contributed by atoms with E-state index in [2.05, 4.69) is 4.74 Å². The van der Waals surface area contributed by atoms with Crippen LogP contribution in [0.5, 0.6) is 5.75 Å². The highest BCUT2D eigenvalue weighted by molar-refractivity contribution is 5.79. The molecule has 0 unspecified atom stereocenters. The molecule has 0 radical (unpaired) electrons. The zero-order chi connectivity index (χ0) is 15.5. The molecule has 0 aromatic heterocycles. The van der Waals surface area contributed by atoms with Gasteiger partial charge in [0, 0.05) is 13.1 Å².